The van der Waals surface area contributed by atoms with Crippen molar-refractivity contribution in [3.8, 4) is 11.3 Å². The van der Waals surface area contributed by atoms with E-state index in [-0.39, 0.29) is 0 Å². The number of rotatable bonds is 8. The first-order valence-corrected chi connectivity index (χ1v) is 11.9. The third kappa shape index (κ3) is 5.53. The summed E-state index contributed by atoms with van der Waals surface area (Å²) in [5.41, 5.74) is 4.42. The van der Waals surface area contributed by atoms with Gasteiger partial charge in [-0.2, -0.15) is 0 Å². The summed E-state index contributed by atoms with van der Waals surface area (Å²) in [5.74, 6) is -0.210. The van der Waals surface area contributed by atoms with E-state index >= 15 is 0 Å². The van der Waals surface area contributed by atoms with Gasteiger partial charge < -0.3 is 20.3 Å². The molecule has 0 radical (unpaired) electrons. The van der Waals surface area contributed by atoms with Crippen LogP contribution in [0.4, 0.5) is 5.82 Å². The number of carbonyl (C=O) groups excluding carboxylic acids is 1. The number of amides is 1. The van der Waals surface area contributed by atoms with Crippen LogP contribution in [0.2, 0.25) is 0 Å². The zero-order valence-electron chi connectivity index (χ0n) is 21.5. The Morgan fingerprint density at radius 1 is 0.946 bits per heavy atom. The normalized spacial score (nSPS) is 12.6. The van der Waals surface area contributed by atoms with Gasteiger partial charge in [0.15, 0.2) is 11.3 Å². The molecule has 0 aliphatic heterocycles. The maximum Gasteiger partial charge on any atom is 0.333 e. The Morgan fingerprint density at radius 3 is 2.24 bits per heavy atom. The number of nitrogens with zero attached hydrogens (tertiary/aromatic N) is 2. The summed E-state index contributed by atoms with van der Waals surface area (Å²) in [4.78, 5) is 29.8. The van der Waals surface area contributed by atoms with Crippen LogP contribution in [0, 0.1) is 27.7 Å². The minimum Gasteiger partial charge on any atom is -0.479 e. The number of aromatic nitrogens is 2. The first kappa shape index (κ1) is 25.6. The minimum absolute atomic E-state index is 0.419. The predicted molar refractivity (Wildman–Crippen MR) is 141 cm³/mol. The number of hydrogen-bond donors (Lipinski definition) is 3. The van der Waals surface area contributed by atoms with Gasteiger partial charge in [0, 0.05) is 23.4 Å². The van der Waals surface area contributed by atoms with Crippen LogP contribution in [0.25, 0.3) is 11.3 Å². The number of hydrogen-bond acceptors (Lipinski definition) is 6. The van der Waals surface area contributed by atoms with Crippen molar-refractivity contribution in [2.24, 2.45) is 0 Å². The molecule has 2 heterocycles. The van der Waals surface area contributed by atoms with Crippen LogP contribution in [0.5, 0.6) is 0 Å². The van der Waals surface area contributed by atoms with Gasteiger partial charge in [0.2, 0.25) is 0 Å². The van der Waals surface area contributed by atoms with Gasteiger partial charge in [0.05, 0.1) is 6.54 Å². The van der Waals surface area contributed by atoms with Crippen molar-refractivity contribution in [1.29, 1.82) is 0 Å². The molecule has 0 spiro atoms. The largest absolute Gasteiger partial charge is 0.479 e. The van der Waals surface area contributed by atoms with E-state index in [0.717, 1.165) is 33.6 Å². The van der Waals surface area contributed by atoms with Gasteiger partial charge in [-0.25, -0.2) is 9.78 Å². The monoisotopic (exact) mass is 498 g/mol. The first-order chi connectivity index (χ1) is 17.6. The predicted octanol–water partition coefficient (Wildman–Crippen LogP) is 5.31. The lowest BCUT2D eigenvalue weighted by atomic mass is 9.89. The molecule has 4 aromatic rings. The standard InChI is InChI=1S/C29H30N4O4/c1-17-10-11-30-25(14-17)31-16-23-15-24(33-37-23)21-6-8-22(9-7-21)29(5,28(35)36)32-27(34)26-19(3)12-18(2)13-20(26)4/h6-15H,16H2,1-5H3,(H,30,31)(H,32,34)(H,35,36). The van der Waals surface area contributed by atoms with Crippen molar-refractivity contribution in [2.75, 3.05) is 5.32 Å². The summed E-state index contributed by atoms with van der Waals surface area (Å²) in [5, 5.41) is 20.1. The van der Waals surface area contributed by atoms with Crippen LogP contribution in [0.3, 0.4) is 0 Å². The SMILES string of the molecule is Cc1ccnc(NCc2cc(-c3ccc(C(C)(NC(=O)c4c(C)cc(C)cc4C)C(=O)O)cc3)no2)c1. The second-order valence-electron chi connectivity index (χ2n) is 9.49. The molecule has 0 bridgehead atoms. The molecule has 37 heavy (non-hydrogen) atoms. The van der Waals surface area contributed by atoms with E-state index in [1.807, 2.05) is 58.0 Å². The second kappa shape index (κ2) is 10.3. The second-order valence-corrected chi connectivity index (χ2v) is 9.49. The highest BCUT2D eigenvalue weighted by molar-refractivity contribution is 6.00. The van der Waals surface area contributed by atoms with E-state index in [1.165, 1.54) is 6.92 Å². The molecule has 1 amide bonds. The van der Waals surface area contributed by atoms with Crippen LogP contribution in [-0.2, 0) is 16.9 Å². The lowest BCUT2D eigenvalue weighted by molar-refractivity contribution is -0.144. The van der Waals surface area contributed by atoms with Gasteiger partial charge >= 0.3 is 5.97 Å². The third-order valence-electron chi connectivity index (χ3n) is 6.37. The van der Waals surface area contributed by atoms with Crippen LogP contribution >= 0.6 is 0 Å². The third-order valence-corrected chi connectivity index (χ3v) is 6.37. The van der Waals surface area contributed by atoms with Crippen molar-refractivity contribution in [2.45, 2.75) is 46.7 Å². The summed E-state index contributed by atoms with van der Waals surface area (Å²) in [6.45, 7) is 9.55. The molecule has 2 aromatic carbocycles. The molecule has 3 N–H and O–H groups in total. The van der Waals surface area contributed by atoms with Crippen LogP contribution in [0.15, 0.2) is 65.3 Å². The van der Waals surface area contributed by atoms with Crippen molar-refractivity contribution < 1.29 is 19.2 Å². The fourth-order valence-electron chi connectivity index (χ4n) is 4.39. The molecular formula is C29H30N4O4. The number of carboxylic acid groups (broad SMARTS) is 1. The Hall–Kier alpha value is -4.46. The van der Waals surface area contributed by atoms with Crippen LogP contribution < -0.4 is 10.6 Å². The molecule has 0 saturated carbocycles. The van der Waals surface area contributed by atoms with Crippen molar-refractivity contribution >= 4 is 17.7 Å². The average molecular weight is 499 g/mol. The van der Waals surface area contributed by atoms with Gasteiger partial charge in [0.1, 0.15) is 11.5 Å². The summed E-state index contributed by atoms with van der Waals surface area (Å²) in [6.07, 6.45) is 1.74. The number of anilines is 1. The van der Waals surface area contributed by atoms with E-state index in [2.05, 4.69) is 20.8 Å². The molecule has 2 aromatic heterocycles. The highest BCUT2D eigenvalue weighted by Gasteiger charge is 2.37. The Labute approximate surface area is 215 Å². The maximum atomic E-state index is 13.2. The lowest BCUT2D eigenvalue weighted by Gasteiger charge is -2.28. The first-order valence-electron chi connectivity index (χ1n) is 11.9. The molecule has 0 saturated heterocycles. The summed E-state index contributed by atoms with van der Waals surface area (Å²) >= 11 is 0. The van der Waals surface area contributed by atoms with E-state index in [0.29, 0.717) is 29.1 Å². The van der Waals surface area contributed by atoms with Crippen LogP contribution in [-0.4, -0.2) is 27.1 Å². The van der Waals surface area contributed by atoms with Gasteiger partial charge in [-0.1, -0.05) is 47.1 Å². The van der Waals surface area contributed by atoms with Gasteiger partial charge in [-0.05, 0) is 69.0 Å². The number of pyridine rings is 1. The molecule has 0 aliphatic rings. The molecule has 190 valence electrons. The number of nitrogens with one attached hydrogen (secondary N) is 2. The quantitative estimate of drug-likeness (QED) is 0.301. The topological polar surface area (TPSA) is 117 Å². The molecule has 0 aliphatic carbocycles. The maximum absolute atomic E-state index is 13.2. The Morgan fingerprint density at radius 2 is 1.62 bits per heavy atom. The smallest absolute Gasteiger partial charge is 0.333 e. The Bertz CT molecular complexity index is 1440. The fraction of sp³-hybridized carbons (Fsp3) is 0.241. The zero-order chi connectivity index (χ0) is 26.7. The zero-order valence-corrected chi connectivity index (χ0v) is 21.5. The Balaban J connectivity index is 1.51. The summed E-state index contributed by atoms with van der Waals surface area (Å²) in [7, 11) is 0. The number of carboxylic acids is 1. The Kier molecular flexibility index (Phi) is 7.11. The van der Waals surface area contributed by atoms with E-state index in [4.69, 9.17) is 4.52 Å². The van der Waals surface area contributed by atoms with Gasteiger partial charge in [0.25, 0.3) is 5.91 Å². The van der Waals surface area contributed by atoms with E-state index < -0.39 is 17.4 Å². The summed E-state index contributed by atoms with van der Waals surface area (Å²) < 4.78 is 5.45. The van der Waals surface area contributed by atoms with Gasteiger partial charge in [-0.15, -0.1) is 0 Å². The van der Waals surface area contributed by atoms with Crippen molar-refractivity contribution in [1.82, 2.24) is 15.5 Å². The molecule has 4 rings (SSSR count). The number of aliphatic carboxylic acids is 1. The van der Waals surface area contributed by atoms with Gasteiger partial charge in [-0.3, -0.25) is 4.79 Å². The molecule has 1 unspecified atom stereocenters. The van der Waals surface area contributed by atoms with E-state index in [1.54, 1.807) is 30.5 Å². The number of benzene rings is 2. The average Bonchev–Trinajstić information content (AvgIpc) is 3.31. The number of aryl methyl sites for hydroxylation is 4. The molecular weight excluding hydrogens is 468 g/mol. The van der Waals surface area contributed by atoms with E-state index in [9.17, 15) is 14.7 Å². The molecule has 1 atom stereocenters. The molecule has 8 nitrogen and oxygen atoms in total. The molecule has 8 heteroatoms. The highest BCUT2D eigenvalue weighted by atomic mass is 16.5. The summed E-state index contributed by atoms with van der Waals surface area (Å²) in [6, 6.07) is 16.4. The fourth-order valence-corrected chi connectivity index (χ4v) is 4.39. The van der Waals surface area contributed by atoms with Crippen molar-refractivity contribution in [3.63, 3.8) is 0 Å². The number of carbonyl (C=O) groups is 2. The lowest BCUT2D eigenvalue weighted by Crippen LogP contribution is -2.49. The minimum atomic E-state index is -1.63. The van der Waals surface area contributed by atoms with Crippen LogP contribution in [0.1, 0.15) is 50.9 Å². The highest BCUT2D eigenvalue weighted by Crippen LogP contribution is 2.27. The molecule has 0 fully saturated rings. The van der Waals surface area contributed by atoms with Crippen molar-refractivity contribution in [3.05, 3.63) is 99.9 Å².